The van der Waals surface area contributed by atoms with Gasteiger partial charge in [0.15, 0.2) is 0 Å². The number of unbranched alkanes of at least 4 members (excludes halogenated alkanes) is 2. The Balaban J connectivity index is 2.45. The molecule has 2 nitrogen and oxygen atoms in total. The maximum absolute atomic E-state index is 11.7. The standard InChI is InChI=1S/C14H16BrNO/c1-3-4-5-6-7-14(17)16-13-10-12(15)9-8-11(13)2/h1,8-10H,4-7H2,2H3,(H,16,17). The molecule has 0 saturated heterocycles. The first-order valence-corrected chi connectivity index (χ1v) is 6.42. The van der Waals surface area contributed by atoms with E-state index in [9.17, 15) is 4.79 Å². The first kappa shape index (κ1) is 13.8. The molecule has 0 radical (unpaired) electrons. The minimum atomic E-state index is 0.0446. The molecule has 0 atom stereocenters. The minimum Gasteiger partial charge on any atom is -0.326 e. The number of anilines is 1. The molecule has 0 spiro atoms. The quantitative estimate of drug-likeness (QED) is 0.648. The van der Waals surface area contributed by atoms with Crippen LogP contribution in [0.3, 0.4) is 0 Å². The van der Waals surface area contributed by atoms with E-state index in [1.165, 1.54) is 0 Å². The number of hydrogen-bond donors (Lipinski definition) is 1. The van der Waals surface area contributed by atoms with Crippen LogP contribution in [-0.4, -0.2) is 5.91 Å². The Kier molecular flexibility index (Phi) is 5.79. The third-order valence-corrected chi connectivity index (χ3v) is 2.94. The highest BCUT2D eigenvalue weighted by molar-refractivity contribution is 9.10. The molecule has 0 unspecified atom stereocenters. The molecule has 1 rings (SSSR count). The van der Waals surface area contributed by atoms with Crippen molar-refractivity contribution >= 4 is 27.5 Å². The predicted octanol–water partition coefficient (Wildman–Crippen LogP) is 3.89. The Morgan fingerprint density at radius 1 is 1.47 bits per heavy atom. The van der Waals surface area contributed by atoms with Gasteiger partial charge >= 0.3 is 0 Å². The van der Waals surface area contributed by atoms with Gasteiger partial charge in [-0.3, -0.25) is 4.79 Å². The smallest absolute Gasteiger partial charge is 0.224 e. The van der Waals surface area contributed by atoms with Crippen molar-refractivity contribution in [2.75, 3.05) is 5.32 Å². The second kappa shape index (κ2) is 7.13. The number of hydrogen-bond acceptors (Lipinski definition) is 1. The normalized spacial score (nSPS) is 9.71. The van der Waals surface area contributed by atoms with E-state index in [1.807, 2.05) is 25.1 Å². The highest BCUT2D eigenvalue weighted by Gasteiger charge is 2.04. The lowest BCUT2D eigenvalue weighted by Crippen LogP contribution is -2.11. The number of carbonyl (C=O) groups is 1. The highest BCUT2D eigenvalue weighted by Crippen LogP contribution is 2.20. The first-order chi connectivity index (χ1) is 8.13. The van der Waals surface area contributed by atoms with Crippen LogP contribution in [0.2, 0.25) is 0 Å². The van der Waals surface area contributed by atoms with Crippen LogP contribution >= 0.6 is 15.9 Å². The summed E-state index contributed by atoms with van der Waals surface area (Å²) in [6, 6.07) is 5.84. The fraction of sp³-hybridized carbons (Fsp3) is 0.357. The molecule has 0 saturated carbocycles. The van der Waals surface area contributed by atoms with Crippen LogP contribution in [0.15, 0.2) is 22.7 Å². The maximum Gasteiger partial charge on any atom is 0.224 e. The van der Waals surface area contributed by atoms with Gasteiger partial charge in [0.2, 0.25) is 5.91 Å². The van der Waals surface area contributed by atoms with Crippen molar-refractivity contribution in [3.8, 4) is 12.3 Å². The summed E-state index contributed by atoms with van der Waals surface area (Å²) >= 11 is 3.39. The van der Waals surface area contributed by atoms with Gasteiger partial charge in [0.1, 0.15) is 0 Å². The molecule has 0 fully saturated rings. The van der Waals surface area contributed by atoms with E-state index >= 15 is 0 Å². The molecule has 1 N–H and O–H groups in total. The third kappa shape index (κ3) is 5.06. The lowest BCUT2D eigenvalue weighted by molar-refractivity contribution is -0.116. The summed E-state index contributed by atoms with van der Waals surface area (Å²) in [5.74, 6) is 2.61. The fourth-order valence-corrected chi connectivity index (χ4v) is 1.82. The Morgan fingerprint density at radius 2 is 2.24 bits per heavy atom. The van der Waals surface area contributed by atoms with Crippen molar-refractivity contribution < 1.29 is 4.79 Å². The zero-order valence-corrected chi connectivity index (χ0v) is 11.5. The number of aryl methyl sites for hydroxylation is 1. The average molecular weight is 294 g/mol. The van der Waals surface area contributed by atoms with Crippen LogP contribution in [0, 0.1) is 19.3 Å². The van der Waals surface area contributed by atoms with Gasteiger partial charge in [-0.15, -0.1) is 12.3 Å². The summed E-state index contributed by atoms with van der Waals surface area (Å²) in [7, 11) is 0. The Hall–Kier alpha value is -1.27. The molecule has 1 aromatic rings. The van der Waals surface area contributed by atoms with Crippen LogP contribution in [0.5, 0.6) is 0 Å². The van der Waals surface area contributed by atoms with Crippen LogP contribution in [0.25, 0.3) is 0 Å². The number of amides is 1. The average Bonchev–Trinajstić information content (AvgIpc) is 2.29. The second-order valence-corrected chi connectivity index (χ2v) is 4.83. The van der Waals surface area contributed by atoms with Crippen molar-refractivity contribution in [2.45, 2.75) is 32.6 Å². The van der Waals surface area contributed by atoms with Gasteiger partial charge < -0.3 is 5.32 Å². The summed E-state index contributed by atoms with van der Waals surface area (Å²) in [6.07, 6.45) is 8.15. The number of benzene rings is 1. The van der Waals surface area contributed by atoms with Crippen molar-refractivity contribution in [3.05, 3.63) is 28.2 Å². The molecular weight excluding hydrogens is 278 g/mol. The summed E-state index contributed by atoms with van der Waals surface area (Å²) in [5.41, 5.74) is 1.92. The molecule has 0 aliphatic carbocycles. The van der Waals surface area contributed by atoms with Gasteiger partial charge in [-0.2, -0.15) is 0 Å². The van der Waals surface area contributed by atoms with Crippen LogP contribution in [0.1, 0.15) is 31.2 Å². The zero-order valence-electron chi connectivity index (χ0n) is 9.92. The lowest BCUT2D eigenvalue weighted by atomic mass is 10.1. The molecule has 0 aromatic heterocycles. The molecule has 0 heterocycles. The van der Waals surface area contributed by atoms with Gasteiger partial charge in [0.25, 0.3) is 0 Å². The molecule has 0 aliphatic rings. The molecule has 0 aliphatic heterocycles. The van der Waals surface area contributed by atoms with E-state index in [4.69, 9.17) is 6.42 Å². The van der Waals surface area contributed by atoms with Crippen molar-refractivity contribution in [1.29, 1.82) is 0 Å². The second-order valence-electron chi connectivity index (χ2n) is 3.92. The largest absolute Gasteiger partial charge is 0.326 e. The molecular formula is C14H16BrNO. The Morgan fingerprint density at radius 3 is 2.94 bits per heavy atom. The van der Waals surface area contributed by atoms with Gasteiger partial charge in [-0.05, 0) is 37.5 Å². The van der Waals surface area contributed by atoms with E-state index in [0.29, 0.717) is 6.42 Å². The van der Waals surface area contributed by atoms with Gasteiger partial charge in [-0.1, -0.05) is 22.0 Å². The van der Waals surface area contributed by atoms with E-state index in [1.54, 1.807) is 0 Å². The Bertz CT molecular complexity index is 434. The van der Waals surface area contributed by atoms with E-state index in [0.717, 1.165) is 35.0 Å². The molecule has 0 bridgehead atoms. The molecule has 17 heavy (non-hydrogen) atoms. The number of halogens is 1. The van der Waals surface area contributed by atoms with E-state index in [2.05, 4.69) is 27.2 Å². The SMILES string of the molecule is C#CCCCCC(=O)Nc1cc(Br)ccc1C. The van der Waals surface area contributed by atoms with Crippen molar-refractivity contribution in [2.24, 2.45) is 0 Å². The molecule has 1 aromatic carbocycles. The minimum absolute atomic E-state index is 0.0446. The summed E-state index contributed by atoms with van der Waals surface area (Å²) in [5, 5.41) is 2.91. The van der Waals surface area contributed by atoms with Crippen molar-refractivity contribution in [3.63, 3.8) is 0 Å². The molecule has 90 valence electrons. The predicted molar refractivity (Wildman–Crippen MR) is 74.8 cm³/mol. The van der Waals surface area contributed by atoms with E-state index in [-0.39, 0.29) is 5.91 Å². The van der Waals surface area contributed by atoms with Crippen LogP contribution < -0.4 is 5.32 Å². The third-order valence-electron chi connectivity index (χ3n) is 2.45. The fourth-order valence-electron chi connectivity index (χ4n) is 1.45. The van der Waals surface area contributed by atoms with Crippen LogP contribution in [-0.2, 0) is 4.79 Å². The van der Waals surface area contributed by atoms with E-state index < -0.39 is 0 Å². The summed E-state index contributed by atoms with van der Waals surface area (Å²) < 4.78 is 0.964. The number of terminal acetylenes is 1. The molecule has 3 heteroatoms. The van der Waals surface area contributed by atoms with Gasteiger partial charge in [-0.25, -0.2) is 0 Å². The summed E-state index contributed by atoms with van der Waals surface area (Å²) in [6.45, 7) is 1.97. The number of rotatable bonds is 5. The highest BCUT2D eigenvalue weighted by atomic mass is 79.9. The van der Waals surface area contributed by atoms with Gasteiger partial charge in [0, 0.05) is 23.0 Å². The maximum atomic E-state index is 11.7. The van der Waals surface area contributed by atoms with Crippen molar-refractivity contribution in [1.82, 2.24) is 0 Å². The van der Waals surface area contributed by atoms with Crippen LogP contribution in [0.4, 0.5) is 5.69 Å². The zero-order chi connectivity index (χ0) is 12.7. The monoisotopic (exact) mass is 293 g/mol. The Labute approximate surface area is 111 Å². The number of carbonyl (C=O) groups excluding carboxylic acids is 1. The topological polar surface area (TPSA) is 29.1 Å². The van der Waals surface area contributed by atoms with Gasteiger partial charge in [0.05, 0.1) is 0 Å². The number of nitrogens with one attached hydrogen (secondary N) is 1. The summed E-state index contributed by atoms with van der Waals surface area (Å²) in [4.78, 5) is 11.7. The lowest BCUT2D eigenvalue weighted by Gasteiger charge is -2.08. The molecule has 1 amide bonds. The first-order valence-electron chi connectivity index (χ1n) is 5.63.